The molecule has 0 aliphatic heterocycles. The number of hydrogen-bond acceptors (Lipinski definition) is 5. The Balaban J connectivity index is 2.52. The molecule has 7 heteroatoms. The molecule has 2 amide bonds. The summed E-state index contributed by atoms with van der Waals surface area (Å²) in [6, 6.07) is 3.08. The minimum atomic E-state index is -0.732. The van der Waals surface area contributed by atoms with Gasteiger partial charge in [-0.1, -0.05) is 0 Å². The number of nitrogens with one attached hydrogen (secondary N) is 2. The molecular formula is C10H12N2O4S. The normalized spacial score (nSPS) is 9.53. The Hall–Kier alpha value is -1.89. The van der Waals surface area contributed by atoms with Crippen molar-refractivity contribution in [2.24, 2.45) is 0 Å². The van der Waals surface area contributed by atoms with Gasteiger partial charge in [0.05, 0.1) is 16.4 Å². The maximum absolute atomic E-state index is 11.5. The second-order valence-corrected chi connectivity index (χ2v) is 4.10. The number of hydrazine groups is 1. The van der Waals surface area contributed by atoms with Crippen LogP contribution in [0.3, 0.4) is 0 Å². The van der Waals surface area contributed by atoms with Gasteiger partial charge in [-0.25, -0.2) is 10.2 Å². The maximum Gasteiger partial charge on any atom is 0.426 e. The zero-order chi connectivity index (χ0) is 12.8. The van der Waals surface area contributed by atoms with E-state index in [1.807, 2.05) is 0 Å². The molecular weight excluding hydrogens is 244 g/mol. The van der Waals surface area contributed by atoms with Gasteiger partial charge in [0, 0.05) is 0 Å². The minimum absolute atomic E-state index is 0.104. The lowest BCUT2D eigenvalue weighted by molar-refractivity contribution is 0.0916. The quantitative estimate of drug-likeness (QED) is 0.631. The van der Waals surface area contributed by atoms with Crippen molar-refractivity contribution < 1.29 is 19.1 Å². The van der Waals surface area contributed by atoms with Gasteiger partial charge in [0.25, 0.3) is 5.91 Å². The number of ether oxygens (including phenoxy) is 1. The smallest absolute Gasteiger partial charge is 0.426 e. The molecule has 0 aliphatic carbocycles. The first kappa shape index (κ1) is 13.2. The van der Waals surface area contributed by atoms with E-state index >= 15 is 0 Å². The van der Waals surface area contributed by atoms with Crippen molar-refractivity contribution in [1.82, 2.24) is 10.9 Å². The summed E-state index contributed by atoms with van der Waals surface area (Å²) in [5.41, 5.74) is 4.25. The number of thiophene rings is 1. The van der Waals surface area contributed by atoms with Crippen LogP contribution in [0.1, 0.15) is 33.2 Å². The van der Waals surface area contributed by atoms with Crippen LogP contribution < -0.4 is 10.9 Å². The third-order valence-electron chi connectivity index (χ3n) is 1.73. The first-order valence-corrected chi connectivity index (χ1v) is 5.70. The first-order valence-electron chi connectivity index (χ1n) is 4.88. The average molecular weight is 256 g/mol. The highest BCUT2D eigenvalue weighted by atomic mass is 32.1. The van der Waals surface area contributed by atoms with Gasteiger partial charge in [-0.2, -0.15) is 0 Å². The molecule has 1 aromatic rings. The van der Waals surface area contributed by atoms with E-state index in [-0.39, 0.29) is 12.4 Å². The molecule has 0 radical (unpaired) electrons. The number of Topliss-reactive ketones (excluding diaryl/α,β-unsaturated/α-hetero) is 1. The van der Waals surface area contributed by atoms with Gasteiger partial charge in [-0.05, 0) is 26.0 Å². The lowest BCUT2D eigenvalue weighted by Gasteiger charge is -2.05. The molecule has 0 atom stereocenters. The molecule has 0 saturated heterocycles. The molecule has 92 valence electrons. The van der Waals surface area contributed by atoms with Gasteiger partial charge in [0.2, 0.25) is 0 Å². The zero-order valence-corrected chi connectivity index (χ0v) is 10.2. The highest BCUT2D eigenvalue weighted by Gasteiger charge is 2.12. The number of rotatable bonds is 3. The van der Waals surface area contributed by atoms with E-state index < -0.39 is 12.0 Å². The maximum atomic E-state index is 11.5. The largest absolute Gasteiger partial charge is 0.449 e. The van der Waals surface area contributed by atoms with Crippen LogP contribution >= 0.6 is 11.3 Å². The lowest BCUT2D eigenvalue weighted by Crippen LogP contribution is -2.41. The van der Waals surface area contributed by atoms with E-state index in [9.17, 15) is 14.4 Å². The number of ketones is 1. The van der Waals surface area contributed by atoms with Crippen LogP contribution in [0.4, 0.5) is 4.79 Å². The van der Waals surface area contributed by atoms with Crippen LogP contribution in [0.15, 0.2) is 12.1 Å². The van der Waals surface area contributed by atoms with E-state index in [0.29, 0.717) is 9.75 Å². The van der Waals surface area contributed by atoms with Gasteiger partial charge in [0.15, 0.2) is 5.78 Å². The molecule has 0 unspecified atom stereocenters. The van der Waals surface area contributed by atoms with Crippen molar-refractivity contribution >= 4 is 29.1 Å². The Morgan fingerprint density at radius 3 is 2.41 bits per heavy atom. The molecule has 0 spiro atoms. The molecule has 1 heterocycles. The van der Waals surface area contributed by atoms with Crippen LogP contribution in [-0.4, -0.2) is 24.4 Å². The summed E-state index contributed by atoms with van der Waals surface area (Å²) in [7, 11) is 0. The van der Waals surface area contributed by atoms with E-state index in [1.165, 1.54) is 13.0 Å². The highest BCUT2D eigenvalue weighted by molar-refractivity contribution is 7.15. The van der Waals surface area contributed by atoms with Crippen molar-refractivity contribution in [3.05, 3.63) is 21.9 Å². The summed E-state index contributed by atoms with van der Waals surface area (Å²) < 4.78 is 4.56. The SMILES string of the molecule is CCOC(=O)NNC(=O)c1ccc(C(C)=O)s1. The molecule has 1 rings (SSSR count). The van der Waals surface area contributed by atoms with Gasteiger partial charge < -0.3 is 4.74 Å². The average Bonchev–Trinajstić information content (AvgIpc) is 2.75. The predicted octanol–water partition coefficient (Wildman–Crippen LogP) is 1.34. The Kier molecular flexibility index (Phi) is 4.65. The second kappa shape index (κ2) is 6.00. The number of hydrogen-bond donors (Lipinski definition) is 2. The Labute approximate surface area is 102 Å². The molecule has 6 nitrogen and oxygen atoms in total. The van der Waals surface area contributed by atoms with Crippen molar-refractivity contribution in [3.63, 3.8) is 0 Å². The summed E-state index contributed by atoms with van der Waals surface area (Å²) in [6.45, 7) is 3.29. The van der Waals surface area contributed by atoms with E-state index in [2.05, 4.69) is 15.6 Å². The molecule has 0 aromatic carbocycles. The number of carbonyl (C=O) groups excluding carboxylic acids is 3. The first-order chi connectivity index (χ1) is 8.04. The molecule has 0 bridgehead atoms. The Morgan fingerprint density at radius 1 is 1.24 bits per heavy atom. The summed E-state index contributed by atoms with van der Waals surface area (Å²) in [5, 5.41) is 0. The van der Waals surface area contributed by atoms with Gasteiger partial charge in [0.1, 0.15) is 0 Å². The third-order valence-corrected chi connectivity index (χ3v) is 2.92. The van der Waals surface area contributed by atoms with Crippen molar-refractivity contribution in [2.45, 2.75) is 13.8 Å². The monoisotopic (exact) mass is 256 g/mol. The van der Waals surface area contributed by atoms with Gasteiger partial charge in [-0.3, -0.25) is 15.0 Å². The number of amides is 2. The summed E-state index contributed by atoms with van der Waals surface area (Å²) in [5.74, 6) is -0.594. The van der Waals surface area contributed by atoms with Crippen LogP contribution in [-0.2, 0) is 4.74 Å². The van der Waals surface area contributed by atoms with Gasteiger partial charge >= 0.3 is 6.09 Å². The van der Waals surface area contributed by atoms with Crippen LogP contribution in [0.5, 0.6) is 0 Å². The fraction of sp³-hybridized carbons (Fsp3) is 0.300. The molecule has 1 aromatic heterocycles. The van der Waals surface area contributed by atoms with Crippen molar-refractivity contribution in [3.8, 4) is 0 Å². The fourth-order valence-corrected chi connectivity index (χ4v) is 1.78. The molecule has 0 aliphatic rings. The topological polar surface area (TPSA) is 84.5 Å². The molecule has 2 N–H and O–H groups in total. The minimum Gasteiger partial charge on any atom is -0.449 e. The van der Waals surface area contributed by atoms with Crippen LogP contribution in [0, 0.1) is 0 Å². The van der Waals surface area contributed by atoms with E-state index in [4.69, 9.17) is 0 Å². The zero-order valence-electron chi connectivity index (χ0n) is 9.40. The molecule has 0 saturated carbocycles. The number of carbonyl (C=O) groups is 3. The lowest BCUT2D eigenvalue weighted by atomic mass is 10.3. The Bertz CT molecular complexity index is 441. The van der Waals surface area contributed by atoms with Crippen LogP contribution in [0.25, 0.3) is 0 Å². The van der Waals surface area contributed by atoms with Crippen molar-refractivity contribution in [1.29, 1.82) is 0 Å². The summed E-state index contributed by atoms with van der Waals surface area (Å²) in [6.07, 6.45) is -0.732. The second-order valence-electron chi connectivity index (χ2n) is 3.02. The van der Waals surface area contributed by atoms with Crippen molar-refractivity contribution in [2.75, 3.05) is 6.61 Å². The highest BCUT2D eigenvalue weighted by Crippen LogP contribution is 2.16. The van der Waals surface area contributed by atoms with Gasteiger partial charge in [-0.15, -0.1) is 11.3 Å². The predicted molar refractivity (Wildman–Crippen MR) is 61.9 cm³/mol. The summed E-state index contributed by atoms with van der Waals surface area (Å²) >= 11 is 1.06. The third kappa shape index (κ3) is 3.87. The van der Waals surface area contributed by atoms with E-state index in [0.717, 1.165) is 11.3 Å². The van der Waals surface area contributed by atoms with Crippen LogP contribution in [0.2, 0.25) is 0 Å². The molecule has 0 fully saturated rings. The summed E-state index contributed by atoms with van der Waals surface area (Å²) in [4.78, 5) is 34.3. The van der Waals surface area contributed by atoms with E-state index in [1.54, 1.807) is 13.0 Å². The Morgan fingerprint density at radius 2 is 1.88 bits per heavy atom. The molecule has 17 heavy (non-hydrogen) atoms. The standard InChI is InChI=1S/C10H12N2O4S/c1-3-16-10(15)12-11-9(14)8-5-4-7(17-8)6(2)13/h4-5H,3H2,1-2H3,(H,11,14)(H,12,15). The fourth-order valence-electron chi connectivity index (χ4n) is 0.986.